The molecule has 0 aliphatic rings. The SMILES string of the molecule is CC.CC(=O)CCCCCNC(=O)COc1cc(S(=O)(=O)O)c2ccc3c(S(=O)(=O)O)cc(S(=O)(=O)O)c4ccc1c2c43. The Morgan fingerprint density at radius 2 is 1.14 bits per heavy atom. The van der Waals surface area contributed by atoms with Gasteiger partial charge in [-0.15, -0.1) is 0 Å². The summed E-state index contributed by atoms with van der Waals surface area (Å²) in [4.78, 5) is 21.0. The summed E-state index contributed by atoms with van der Waals surface area (Å²) < 4.78 is 108. The van der Waals surface area contributed by atoms with Gasteiger partial charge in [-0.05, 0) is 31.9 Å². The van der Waals surface area contributed by atoms with E-state index in [4.69, 9.17) is 4.74 Å². The first-order valence-corrected chi connectivity index (χ1v) is 17.4. The largest absolute Gasteiger partial charge is 0.483 e. The lowest BCUT2D eigenvalue weighted by molar-refractivity contribution is -0.123. The van der Waals surface area contributed by atoms with Gasteiger partial charge in [-0.3, -0.25) is 18.5 Å². The van der Waals surface area contributed by atoms with Crippen molar-refractivity contribution in [2.45, 2.75) is 61.1 Å². The van der Waals surface area contributed by atoms with E-state index in [1.165, 1.54) is 19.1 Å². The number of ether oxygens (including phenoxy) is 1. The van der Waals surface area contributed by atoms with E-state index in [2.05, 4.69) is 5.32 Å². The van der Waals surface area contributed by atoms with Crippen LogP contribution < -0.4 is 10.1 Å². The lowest BCUT2D eigenvalue weighted by atomic mass is 9.93. The van der Waals surface area contributed by atoms with E-state index in [0.29, 0.717) is 38.3 Å². The highest BCUT2D eigenvalue weighted by molar-refractivity contribution is 7.87. The third-order valence-corrected chi connectivity index (χ3v) is 9.15. The highest BCUT2D eigenvalue weighted by Gasteiger charge is 2.28. The van der Waals surface area contributed by atoms with Gasteiger partial charge in [0.2, 0.25) is 0 Å². The second-order valence-electron chi connectivity index (χ2n) is 9.39. The topological polar surface area (TPSA) is 219 Å². The van der Waals surface area contributed by atoms with E-state index >= 15 is 0 Å². The van der Waals surface area contributed by atoms with Crippen molar-refractivity contribution in [2.24, 2.45) is 0 Å². The van der Waals surface area contributed by atoms with Gasteiger partial charge in [-0.2, -0.15) is 25.3 Å². The van der Waals surface area contributed by atoms with Gasteiger partial charge in [-0.1, -0.05) is 38.5 Å². The van der Waals surface area contributed by atoms with Crippen molar-refractivity contribution in [3.63, 3.8) is 0 Å². The van der Waals surface area contributed by atoms with Gasteiger partial charge in [0.25, 0.3) is 36.3 Å². The third-order valence-electron chi connectivity index (χ3n) is 6.47. The van der Waals surface area contributed by atoms with E-state index in [9.17, 15) is 48.5 Å². The van der Waals surface area contributed by atoms with Crippen LogP contribution in [0.2, 0.25) is 0 Å². The van der Waals surface area contributed by atoms with Gasteiger partial charge >= 0.3 is 0 Å². The van der Waals surface area contributed by atoms with Crippen LogP contribution in [-0.4, -0.2) is 63.8 Å². The van der Waals surface area contributed by atoms with Crippen LogP contribution in [0.4, 0.5) is 0 Å². The Morgan fingerprint density at radius 1 is 0.698 bits per heavy atom. The van der Waals surface area contributed by atoms with Crippen LogP contribution >= 0.6 is 0 Å². The lowest BCUT2D eigenvalue weighted by Crippen LogP contribution is -2.29. The minimum absolute atomic E-state index is 0.0635. The molecule has 0 heterocycles. The number of nitrogens with one attached hydrogen (secondary N) is 1. The lowest BCUT2D eigenvalue weighted by Gasteiger charge is -2.19. The molecule has 43 heavy (non-hydrogen) atoms. The van der Waals surface area contributed by atoms with Gasteiger partial charge in [0, 0.05) is 51.3 Å². The van der Waals surface area contributed by atoms with Gasteiger partial charge in [0.15, 0.2) is 6.61 Å². The molecule has 4 aromatic carbocycles. The van der Waals surface area contributed by atoms with Gasteiger partial charge in [0.05, 0.1) is 0 Å². The number of benzene rings is 4. The summed E-state index contributed by atoms with van der Waals surface area (Å²) in [5.74, 6) is -0.691. The summed E-state index contributed by atoms with van der Waals surface area (Å²) in [5.41, 5.74) is 0. The van der Waals surface area contributed by atoms with Crippen molar-refractivity contribution in [3.05, 3.63) is 36.4 Å². The van der Waals surface area contributed by atoms with Crippen LogP contribution in [0.5, 0.6) is 5.75 Å². The molecule has 0 aliphatic heterocycles. The first kappa shape index (κ1) is 34.1. The van der Waals surface area contributed by atoms with Crippen LogP contribution in [0.15, 0.2) is 51.1 Å². The number of unbranched alkanes of at least 4 members (excludes halogenated alkanes) is 2. The first-order chi connectivity index (χ1) is 20.0. The van der Waals surface area contributed by atoms with E-state index in [0.717, 1.165) is 18.2 Å². The number of carbonyl (C=O) groups is 2. The molecular formula is C27H31NO12S3. The number of carbonyl (C=O) groups excluding carboxylic acids is 2. The predicted molar refractivity (Wildman–Crippen MR) is 159 cm³/mol. The van der Waals surface area contributed by atoms with Gasteiger partial charge in [0.1, 0.15) is 26.2 Å². The van der Waals surface area contributed by atoms with E-state index in [1.807, 2.05) is 13.8 Å². The molecule has 0 aliphatic carbocycles. The first-order valence-electron chi connectivity index (χ1n) is 13.1. The molecule has 16 heteroatoms. The van der Waals surface area contributed by atoms with Crippen LogP contribution in [-0.2, 0) is 39.9 Å². The van der Waals surface area contributed by atoms with Crippen molar-refractivity contribution >= 4 is 74.4 Å². The minimum atomic E-state index is -5.04. The van der Waals surface area contributed by atoms with Crippen LogP contribution in [0.3, 0.4) is 0 Å². The number of ketones is 1. The average Bonchev–Trinajstić information content (AvgIpc) is 2.91. The molecule has 234 valence electrons. The van der Waals surface area contributed by atoms with Crippen LogP contribution in [0, 0.1) is 0 Å². The molecule has 4 aromatic rings. The Morgan fingerprint density at radius 3 is 1.60 bits per heavy atom. The maximum absolute atomic E-state index is 12.4. The number of amides is 1. The normalized spacial score (nSPS) is 12.3. The molecular weight excluding hydrogens is 626 g/mol. The molecule has 0 bridgehead atoms. The third kappa shape index (κ3) is 7.57. The molecule has 0 unspecified atom stereocenters. The minimum Gasteiger partial charge on any atom is -0.483 e. The molecule has 0 aromatic heterocycles. The van der Waals surface area contributed by atoms with Crippen molar-refractivity contribution in [2.75, 3.05) is 13.2 Å². The van der Waals surface area contributed by atoms with E-state index in [-0.39, 0.29) is 43.9 Å². The Hall–Kier alpha value is -3.41. The maximum Gasteiger partial charge on any atom is 0.295 e. The molecule has 0 radical (unpaired) electrons. The molecule has 4 N–H and O–H groups in total. The second kappa shape index (κ2) is 13.1. The van der Waals surface area contributed by atoms with Crippen molar-refractivity contribution < 1.29 is 53.2 Å². The fourth-order valence-electron chi connectivity index (χ4n) is 4.72. The van der Waals surface area contributed by atoms with Crippen molar-refractivity contribution in [3.8, 4) is 5.75 Å². The van der Waals surface area contributed by atoms with Gasteiger partial charge < -0.3 is 14.8 Å². The number of hydrogen-bond donors (Lipinski definition) is 4. The predicted octanol–water partition coefficient (Wildman–Crippen LogP) is 3.99. The van der Waals surface area contributed by atoms with Crippen molar-refractivity contribution in [1.29, 1.82) is 0 Å². The second-order valence-corrected chi connectivity index (χ2v) is 13.6. The van der Waals surface area contributed by atoms with E-state index < -0.39 is 57.6 Å². The zero-order chi connectivity index (χ0) is 32.3. The summed E-state index contributed by atoms with van der Waals surface area (Å²) in [6.45, 7) is 5.22. The average molecular weight is 658 g/mol. The quantitative estimate of drug-likeness (QED) is 0.0965. The smallest absolute Gasteiger partial charge is 0.295 e. The molecule has 1 amide bonds. The molecule has 0 saturated carbocycles. The Bertz CT molecular complexity index is 1970. The number of hydrogen-bond acceptors (Lipinski definition) is 9. The Labute approximate surface area is 248 Å². The van der Waals surface area contributed by atoms with Crippen LogP contribution in [0.1, 0.15) is 46.5 Å². The summed E-state index contributed by atoms with van der Waals surface area (Å²) in [5, 5.41) is 1.98. The molecule has 0 atom stereocenters. The molecule has 4 rings (SSSR count). The molecule has 0 fully saturated rings. The fourth-order valence-corrected chi connectivity index (χ4v) is 6.93. The molecule has 0 saturated heterocycles. The standard InChI is InChI=1S/C25H25NO12S3.C2H6/c1-14(27)5-3-2-4-10-26-23(28)13-38-19-11-20(39(29,30)31)16-8-9-18-22(41(35,36)37)12-21(40(32,33)34)17-7-6-15(19)24(16)25(17)18;1-2/h6-9,11-12H,2-5,10,13H2,1H3,(H,26,28)(H,29,30,31)(H,32,33,34)(H,35,36,37);1-2H3. The summed E-state index contributed by atoms with van der Waals surface area (Å²) in [6, 6.07) is 6.39. The number of Topliss-reactive ketones (excluding diaryl/α,β-unsaturated/α-hetero) is 1. The Kier molecular flexibility index (Phi) is 10.4. The summed E-state index contributed by atoms with van der Waals surface area (Å²) >= 11 is 0. The summed E-state index contributed by atoms with van der Waals surface area (Å²) in [6.07, 6.45) is 2.45. The van der Waals surface area contributed by atoms with Crippen molar-refractivity contribution in [1.82, 2.24) is 5.32 Å². The van der Waals surface area contributed by atoms with Crippen LogP contribution in [0.25, 0.3) is 32.3 Å². The Balaban J connectivity index is 0.00000248. The molecule has 13 nitrogen and oxygen atoms in total. The monoisotopic (exact) mass is 657 g/mol. The zero-order valence-electron chi connectivity index (χ0n) is 23.4. The summed E-state index contributed by atoms with van der Waals surface area (Å²) in [7, 11) is -15.0. The zero-order valence-corrected chi connectivity index (χ0v) is 25.9. The highest BCUT2D eigenvalue weighted by atomic mass is 32.2. The number of rotatable bonds is 12. The molecule has 0 spiro atoms. The highest BCUT2D eigenvalue weighted by Crippen LogP contribution is 2.45. The maximum atomic E-state index is 12.4. The van der Waals surface area contributed by atoms with E-state index in [1.54, 1.807) is 0 Å². The fraction of sp³-hybridized carbons (Fsp3) is 0.333. The van der Waals surface area contributed by atoms with Gasteiger partial charge in [-0.25, -0.2) is 0 Å².